The van der Waals surface area contributed by atoms with Crippen LogP contribution < -0.4 is 0 Å². The van der Waals surface area contributed by atoms with E-state index in [9.17, 15) is 14.0 Å². The largest absolute Gasteiger partial charge is 0.457 e. The van der Waals surface area contributed by atoms with Crippen LogP contribution in [-0.2, 0) is 16.0 Å². The Morgan fingerprint density at radius 1 is 1.42 bits per heavy atom. The van der Waals surface area contributed by atoms with Crippen LogP contribution in [0.3, 0.4) is 0 Å². The molecule has 1 aromatic carbocycles. The van der Waals surface area contributed by atoms with Crippen molar-refractivity contribution in [3.63, 3.8) is 0 Å². The van der Waals surface area contributed by atoms with E-state index in [4.69, 9.17) is 4.74 Å². The Hall–Kier alpha value is -1.23. The second kappa shape index (κ2) is 4.40. The number of ketones is 1. The van der Waals surface area contributed by atoms with Crippen molar-refractivity contribution >= 4 is 27.7 Å². The van der Waals surface area contributed by atoms with Crippen LogP contribution in [0.25, 0.3) is 0 Å². The molecule has 0 amide bonds. The van der Waals surface area contributed by atoms with Crippen LogP contribution in [0.2, 0.25) is 0 Å². The van der Waals surface area contributed by atoms with Crippen molar-refractivity contribution in [1.82, 2.24) is 0 Å². The minimum atomic E-state index is -2.61. The molecule has 1 aromatic rings. The standard InChI is InChI=1S/C14H14BrFO3/c1-13(2,3)19-12(18)14(16)7-8-5-4-6-9(15)10(8)11(14)17/h4-6H,7H2,1-3H3/t14-/m1/s1. The van der Waals surface area contributed by atoms with E-state index in [0.717, 1.165) is 0 Å². The molecule has 0 radical (unpaired) electrons. The zero-order chi connectivity index (χ0) is 14.4. The summed E-state index contributed by atoms with van der Waals surface area (Å²) in [4.78, 5) is 24.1. The normalized spacial score (nSPS) is 22.3. The summed E-state index contributed by atoms with van der Waals surface area (Å²) in [5, 5.41) is 0. The Labute approximate surface area is 119 Å². The monoisotopic (exact) mass is 328 g/mol. The van der Waals surface area contributed by atoms with Crippen molar-refractivity contribution < 1.29 is 18.7 Å². The third-order valence-electron chi connectivity index (χ3n) is 2.84. The lowest BCUT2D eigenvalue weighted by molar-refractivity contribution is -0.165. The Bertz CT molecular complexity index is 562. The second-order valence-electron chi connectivity index (χ2n) is 5.58. The molecule has 0 heterocycles. The molecule has 1 aliphatic rings. The third-order valence-corrected chi connectivity index (χ3v) is 3.50. The maximum absolute atomic E-state index is 14.8. The predicted molar refractivity (Wildman–Crippen MR) is 71.9 cm³/mol. The maximum atomic E-state index is 14.8. The fourth-order valence-electron chi connectivity index (χ4n) is 2.04. The number of carbonyl (C=O) groups excluding carboxylic acids is 2. The molecule has 19 heavy (non-hydrogen) atoms. The van der Waals surface area contributed by atoms with Crippen LogP contribution in [0.4, 0.5) is 4.39 Å². The van der Waals surface area contributed by atoms with Gasteiger partial charge >= 0.3 is 5.97 Å². The molecule has 3 nitrogen and oxygen atoms in total. The fraction of sp³-hybridized carbons (Fsp3) is 0.429. The number of halogens is 2. The molecule has 0 spiro atoms. The highest BCUT2D eigenvalue weighted by Crippen LogP contribution is 2.38. The first-order chi connectivity index (χ1) is 8.65. The number of rotatable bonds is 1. The molecule has 5 heteroatoms. The first-order valence-electron chi connectivity index (χ1n) is 5.90. The molecule has 0 aliphatic heterocycles. The zero-order valence-electron chi connectivity index (χ0n) is 10.9. The predicted octanol–water partition coefficient (Wildman–Crippen LogP) is 3.24. The van der Waals surface area contributed by atoms with Gasteiger partial charge in [0.15, 0.2) is 0 Å². The summed E-state index contributed by atoms with van der Waals surface area (Å²) in [5.41, 5.74) is -2.69. The minimum Gasteiger partial charge on any atom is -0.457 e. The van der Waals surface area contributed by atoms with E-state index in [-0.39, 0.29) is 12.0 Å². The summed E-state index contributed by atoms with van der Waals surface area (Å²) in [6, 6.07) is 5.00. The molecule has 0 N–H and O–H groups in total. The van der Waals surface area contributed by atoms with Crippen LogP contribution in [0, 0.1) is 0 Å². The van der Waals surface area contributed by atoms with Gasteiger partial charge in [0.05, 0.1) is 0 Å². The topological polar surface area (TPSA) is 43.4 Å². The zero-order valence-corrected chi connectivity index (χ0v) is 12.5. The number of alkyl halides is 1. The van der Waals surface area contributed by atoms with Crippen molar-refractivity contribution in [2.75, 3.05) is 0 Å². The van der Waals surface area contributed by atoms with Crippen molar-refractivity contribution in [1.29, 1.82) is 0 Å². The molecular formula is C14H14BrFO3. The molecular weight excluding hydrogens is 315 g/mol. The van der Waals surface area contributed by atoms with Crippen molar-refractivity contribution in [3.05, 3.63) is 33.8 Å². The highest BCUT2D eigenvalue weighted by atomic mass is 79.9. The summed E-state index contributed by atoms with van der Waals surface area (Å²) in [6.45, 7) is 4.91. The summed E-state index contributed by atoms with van der Waals surface area (Å²) < 4.78 is 20.3. The number of benzene rings is 1. The summed E-state index contributed by atoms with van der Waals surface area (Å²) in [5.74, 6) is -1.95. The van der Waals surface area contributed by atoms with Crippen LogP contribution in [-0.4, -0.2) is 23.0 Å². The van der Waals surface area contributed by atoms with Gasteiger partial charge in [-0.25, -0.2) is 9.18 Å². The first kappa shape index (κ1) is 14.2. The molecule has 1 atom stereocenters. The van der Waals surface area contributed by atoms with Crippen molar-refractivity contribution in [2.45, 2.75) is 38.5 Å². The van der Waals surface area contributed by atoms with Gasteiger partial charge in [0, 0.05) is 16.5 Å². The lowest BCUT2D eigenvalue weighted by Gasteiger charge is -2.24. The molecule has 0 bridgehead atoms. The quantitative estimate of drug-likeness (QED) is 0.587. The van der Waals surface area contributed by atoms with Gasteiger partial charge in [-0.3, -0.25) is 4.79 Å². The van der Waals surface area contributed by atoms with Crippen LogP contribution in [0.5, 0.6) is 0 Å². The van der Waals surface area contributed by atoms with E-state index in [1.807, 2.05) is 0 Å². The van der Waals surface area contributed by atoms with Gasteiger partial charge in [0.2, 0.25) is 5.78 Å². The molecule has 0 unspecified atom stereocenters. The van der Waals surface area contributed by atoms with E-state index in [0.29, 0.717) is 10.0 Å². The molecule has 0 saturated heterocycles. The molecule has 0 fully saturated rings. The number of ether oxygens (including phenoxy) is 1. The molecule has 2 rings (SSSR count). The van der Waals surface area contributed by atoms with Crippen LogP contribution in [0.15, 0.2) is 22.7 Å². The Morgan fingerprint density at radius 3 is 2.58 bits per heavy atom. The SMILES string of the molecule is CC(C)(C)OC(=O)[C@@]1(F)Cc2cccc(Br)c2C1=O. The van der Waals surface area contributed by atoms with E-state index >= 15 is 0 Å². The van der Waals surface area contributed by atoms with Gasteiger partial charge in [0.1, 0.15) is 5.60 Å². The molecule has 0 aromatic heterocycles. The highest BCUT2D eigenvalue weighted by molar-refractivity contribution is 9.10. The smallest absolute Gasteiger partial charge is 0.353 e. The number of fused-ring (bicyclic) bond motifs is 1. The van der Waals surface area contributed by atoms with Crippen molar-refractivity contribution in [2.24, 2.45) is 0 Å². The van der Waals surface area contributed by atoms with Crippen LogP contribution >= 0.6 is 15.9 Å². The lowest BCUT2D eigenvalue weighted by atomic mass is 10.0. The van der Waals surface area contributed by atoms with Gasteiger partial charge in [-0.2, -0.15) is 0 Å². The van der Waals surface area contributed by atoms with Crippen molar-refractivity contribution in [3.8, 4) is 0 Å². The van der Waals surface area contributed by atoms with E-state index in [2.05, 4.69) is 15.9 Å². The Morgan fingerprint density at radius 2 is 2.05 bits per heavy atom. The number of esters is 1. The van der Waals surface area contributed by atoms with Gasteiger partial charge in [-0.15, -0.1) is 0 Å². The molecule has 1 aliphatic carbocycles. The minimum absolute atomic E-state index is 0.232. The summed E-state index contributed by atoms with van der Waals surface area (Å²) >= 11 is 3.21. The van der Waals surface area contributed by atoms with E-state index < -0.39 is 23.0 Å². The average molecular weight is 329 g/mol. The number of hydrogen-bond acceptors (Lipinski definition) is 3. The maximum Gasteiger partial charge on any atom is 0.353 e. The highest BCUT2D eigenvalue weighted by Gasteiger charge is 2.55. The number of hydrogen-bond donors (Lipinski definition) is 0. The van der Waals surface area contributed by atoms with E-state index in [1.54, 1.807) is 39.0 Å². The Kier molecular flexibility index (Phi) is 3.29. The van der Waals surface area contributed by atoms with Gasteiger partial charge in [0.25, 0.3) is 5.67 Å². The molecule has 0 saturated carbocycles. The number of carbonyl (C=O) groups is 2. The Balaban J connectivity index is 2.37. The third kappa shape index (κ3) is 2.43. The lowest BCUT2D eigenvalue weighted by Crippen LogP contribution is -2.44. The second-order valence-corrected chi connectivity index (χ2v) is 6.44. The number of Topliss-reactive ketones (excluding diaryl/α,β-unsaturated/α-hetero) is 1. The van der Waals surface area contributed by atoms with Crippen LogP contribution in [0.1, 0.15) is 36.7 Å². The first-order valence-corrected chi connectivity index (χ1v) is 6.69. The fourth-order valence-corrected chi connectivity index (χ4v) is 2.62. The molecule has 102 valence electrons. The van der Waals surface area contributed by atoms with Gasteiger partial charge in [-0.1, -0.05) is 28.1 Å². The van der Waals surface area contributed by atoms with E-state index in [1.165, 1.54) is 0 Å². The average Bonchev–Trinajstić information content (AvgIpc) is 2.51. The summed E-state index contributed by atoms with van der Waals surface area (Å²) in [7, 11) is 0. The van der Waals surface area contributed by atoms with Gasteiger partial charge in [-0.05, 0) is 32.4 Å². The summed E-state index contributed by atoms with van der Waals surface area (Å²) in [6.07, 6.45) is -0.268. The van der Waals surface area contributed by atoms with Gasteiger partial charge < -0.3 is 4.74 Å².